The maximum atomic E-state index is 11.2. The first-order valence-corrected chi connectivity index (χ1v) is 11.3. The molecule has 6 rings (SSSR count). The van der Waals surface area contributed by atoms with E-state index in [4.69, 9.17) is 16.3 Å². The van der Waals surface area contributed by atoms with E-state index in [2.05, 4.69) is 40.9 Å². The molecule has 3 aromatic carbocycles. The molecule has 0 saturated heterocycles. The summed E-state index contributed by atoms with van der Waals surface area (Å²) in [6.07, 6.45) is 4.20. The Morgan fingerprint density at radius 2 is 1.91 bits per heavy atom. The lowest BCUT2D eigenvalue weighted by molar-refractivity contribution is 0.0572. The van der Waals surface area contributed by atoms with Crippen molar-refractivity contribution in [3.8, 4) is 22.9 Å². The van der Waals surface area contributed by atoms with Crippen LogP contribution in [0.3, 0.4) is 0 Å². The van der Waals surface area contributed by atoms with Crippen molar-refractivity contribution < 1.29 is 9.84 Å². The highest BCUT2D eigenvalue weighted by Crippen LogP contribution is 2.56. The summed E-state index contributed by atoms with van der Waals surface area (Å²) in [5.74, 6) is 1.47. The van der Waals surface area contributed by atoms with Crippen molar-refractivity contribution >= 4 is 34.4 Å². The maximum Gasteiger partial charge on any atom is 0.211 e. The average Bonchev–Trinajstić information content (AvgIpc) is 3.29. The minimum Gasteiger partial charge on any atom is -0.507 e. The monoisotopic (exact) mass is 457 g/mol. The van der Waals surface area contributed by atoms with Crippen molar-refractivity contribution in [3.05, 3.63) is 76.3 Å². The van der Waals surface area contributed by atoms with Gasteiger partial charge in [-0.05, 0) is 74.9 Å². The van der Waals surface area contributed by atoms with E-state index < -0.39 is 5.72 Å². The number of aromatic nitrogens is 2. The maximum absolute atomic E-state index is 11.2. The third kappa shape index (κ3) is 2.57. The highest BCUT2D eigenvalue weighted by atomic mass is 35.5. The number of benzene rings is 3. The Hall–Kier alpha value is -3.44. The van der Waals surface area contributed by atoms with Gasteiger partial charge in [-0.1, -0.05) is 23.7 Å². The number of ether oxygens (including phenoxy) is 1. The molecule has 0 bridgehead atoms. The van der Waals surface area contributed by atoms with Crippen molar-refractivity contribution in [2.45, 2.75) is 31.9 Å². The fourth-order valence-electron chi connectivity index (χ4n) is 5.34. The van der Waals surface area contributed by atoms with Crippen LogP contribution < -0.4 is 9.64 Å². The number of phenolic OH excluding ortho intramolecular Hbond substituents is 1. The van der Waals surface area contributed by atoms with Crippen LogP contribution in [0.5, 0.6) is 11.5 Å². The van der Waals surface area contributed by atoms with Gasteiger partial charge in [0.25, 0.3) is 0 Å². The molecule has 33 heavy (non-hydrogen) atoms. The molecule has 2 aliphatic heterocycles. The molecule has 1 atom stereocenters. The number of imidazole rings is 1. The number of nitrogens with zero attached hydrogens (tertiary/aromatic N) is 2. The molecule has 0 radical (unpaired) electrons. The third-order valence-electron chi connectivity index (χ3n) is 7.29. The molecule has 0 fully saturated rings. The molecule has 2 aliphatic rings. The summed E-state index contributed by atoms with van der Waals surface area (Å²) in [7, 11) is 2.04. The van der Waals surface area contributed by atoms with Gasteiger partial charge in [0.1, 0.15) is 17.3 Å². The number of H-pyrrole nitrogens is 1. The summed E-state index contributed by atoms with van der Waals surface area (Å²) in [6, 6.07) is 15.7. The Labute approximate surface area is 197 Å². The van der Waals surface area contributed by atoms with Gasteiger partial charge >= 0.3 is 0 Å². The second-order valence-electron chi connectivity index (χ2n) is 9.40. The second kappa shape index (κ2) is 6.55. The highest BCUT2D eigenvalue weighted by molar-refractivity contribution is 6.30. The number of rotatable bonds is 1. The van der Waals surface area contributed by atoms with Gasteiger partial charge in [-0.2, -0.15) is 0 Å². The molecule has 0 saturated carbocycles. The van der Waals surface area contributed by atoms with E-state index in [1.807, 2.05) is 62.5 Å². The number of phenols is 1. The number of fused-ring (bicyclic) bond motifs is 3. The Bertz CT molecular complexity index is 1450. The number of aromatic hydroxyl groups is 1. The minimum atomic E-state index is -0.745. The quantitative estimate of drug-likeness (QED) is 0.346. The number of nitrogens with one attached hydrogen (secondary N) is 1. The van der Waals surface area contributed by atoms with Gasteiger partial charge in [0.15, 0.2) is 0 Å². The summed E-state index contributed by atoms with van der Waals surface area (Å²) in [5.41, 5.74) is 5.12. The summed E-state index contributed by atoms with van der Waals surface area (Å²) >= 11 is 6.34. The van der Waals surface area contributed by atoms with Crippen LogP contribution in [0.2, 0.25) is 5.02 Å². The number of likely N-dealkylation sites (N-methyl/N-ethyl adjacent to an activating group) is 1. The number of aromatic amines is 1. The summed E-state index contributed by atoms with van der Waals surface area (Å²) in [5, 5.41) is 11.9. The van der Waals surface area contributed by atoms with Crippen LogP contribution in [0.4, 0.5) is 5.69 Å². The topological polar surface area (TPSA) is 61.4 Å². The first-order chi connectivity index (χ1) is 15.7. The van der Waals surface area contributed by atoms with Crippen LogP contribution in [0.1, 0.15) is 30.5 Å². The standard InChI is InChI=1S/C27H24ClN3O2/c1-15-23(32)18(25-29-20-7-5-6-8-21(20)30-25)13-16-11-12-27(33-24(15)16)26(2,3)19-14-17(28)9-10-22(19)31(27)4/h5-14,32H,1-4H3,(H,29,30). The predicted molar refractivity (Wildman–Crippen MR) is 133 cm³/mol. The van der Waals surface area contributed by atoms with Crippen molar-refractivity contribution in [1.82, 2.24) is 9.97 Å². The molecular weight excluding hydrogens is 434 g/mol. The molecule has 166 valence electrons. The zero-order valence-electron chi connectivity index (χ0n) is 18.9. The SMILES string of the molecule is Cc1c(O)c(-c2nc3ccccc3[nH]2)cc2c1OC1(C=C2)N(C)c2ccc(Cl)cc2C1(C)C. The van der Waals surface area contributed by atoms with Gasteiger partial charge in [0.05, 0.1) is 22.0 Å². The zero-order chi connectivity index (χ0) is 23.1. The van der Waals surface area contributed by atoms with Crippen molar-refractivity contribution in [1.29, 1.82) is 0 Å². The molecule has 4 aromatic rings. The molecule has 6 heteroatoms. The van der Waals surface area contributed by atoms with E-state index in [1.54, 1.807) is 0 Å². The van der Waals surface area contributed by atoms with Crippen LogP contribution in [0, 0.1) is 6.92 Å². The minimum absolute atomic E-state index is 0.164. The first-order valence-electron chi connectivity index (χ1n) is 11.0. The lowest BCUT2D eigenvalue weighted by Gasteiger charge is -2.46. The van der Waals surface area contributed by atoms with E-state index in [0.29, 0.717) is 27.7 Å². The number of para-hydroxylation sites is 2. The van der Waals surface area contributed by atoms with Crippen molar-refractivity contribution in [3.63, 3.8) is 0 Å². The average molecular weight is 458 g/mol. The molecule has 2 N–H and O–H groups in total. The summed E-state index contributed by atoms with van der Waals surface area (Å²) < 4.78 is 6.80. The fraction of sp³-hybridized carbons (Fsp3) is 0.222. The van der Waals surface area contributed by atoms with E-state index >= 15 is 0 Å². The van der Waals surface area contributed by atoms with Gasteiger partial charge in [-0.3, -0.25) is 0 Å². The van der Waals surface area contributed by atoms with Crippen molar-refractivity contribution in [2.75, 3.05) is 11.9 Å². The largest absolute Gasteiger partial charge is 0.507 e. The molecule has 5 nitrogen and oxygen atoms in total. The Balaban J connectivity index is 1.49. The van der Waals surface area contributed by atoms with E-state index in [1.165, 1.54) is 0 Å². The fourth-order valence-corrected chi connectivity index (χ4v) is 5.51. The van der Waals surface area contributed by atoms with Crippen LogP contribution >= 0.6 is 11.6 Å². The molecule has 1 spiro atoms. The third-order valence-corrected chi connectivity index (χ3v) is 7.53. The van der Waals surface area contributed by atoms with Gasteiger partial charge in [0, 0.05) is 28.9 Å². The Morgan fingerprint density at radius 1 is 1.12 bits per heavy atom. The van der Waals surface area contributed by atoms with E-state index in [0.717, 1.165) is 27.8 Å². The van der Waals surface area contributed by atoms with E-state index in [-0.39, 0.29) is 11.2 Å². The molecular formula is C27H24ClN3O2. The number of anilines is 1. The Kier molecular flexibility index (Phi) is 4.01. The normalized spacial score (nSPS) is 20.2. The van der Waals surface area contributed by atoms with Gasteiger partial charge in [-0.15, -0.1) is 0 Å². The number of hydrogen-bond donors (Lipinski definition) is 2. The van der Waals surface area contributed by atoms with E-state index in [9.17, 15) is 5.11 Å². The second-order valence-corrected chi connectivity index (χ2v) is 9.83. The highest BCUT2D eigenvalue weighted by Gasteiger charge is 2.58. The smallest absolute Gasteiger partial charge is 0.211 e. The van der Waals surface area contributed by atoms with Crippen molar-refractivity contribution in [2.24, 2.45) is 0 Å². The number of hydrogen-bond acceptors (Lipinski definition) is 4. The molecule has 1 aromatic heterocycles. The lowest BCUT2D eigenvalue weighted by atomic mass is 9.76. The molecule has 1 unspecified atom stereocenters. The van der Waals surface area contributed by atoms with Crippen LogP contribution in [-0.4, -0.2) is 27.8 Å². The van der Waals surface area contributed by atoms with Crippen LogP contribution in [-0.2, 0) is 5.41 Å². The summed E-state index contributed by atoms with van der Waals surface area (Å²) in [6.45, 7) is 6.22. The Morgan fingerprint density at radius 3 is 2.70 bits per heavy atom. The number of halogens is 1. The lowest BCUT2D eigenvalue weighted by Crippen LogP contribution is -2.58. The molecule has 0 amide bonds. The van der Waals surface area contributed by atoms with Crippen LogP contribution in [0.25, 0.3) is 28.5 Å². The van der Waals surface area contributed by atoms with Gasteiger partial charge in [0.2, 0.25) is 5.72 Å². The molecule has 3 heterocycles. The van der Waals surface area contributed by atoms with Crippen LogP contribution in [0.15, 0.2) is 54.6 Å². The zero-order valence-corrected chi connectivity index (χ0v) is 19.7. The summed E-state index contributed by atoms with van der Waals surface area (Å²) in [4.78, 5) is 10.1. The van der Waals surface area contributed by atoms with Gasteiger partial charge < -0.3 is 19.7 Å². The van der Waals surface area contributed by atoms with Gasteiger partial charge in [-0.25, -0.2) is 4.98 Å². The molecule has 0 aliphatic carbocycles. The first kappa shape index (κ1) is 20.2. The predicted octanol–water partition coefficient (Wildman–Crippen LogP) is 6.43.